The molecule has 0 aliphatic carbocycles. The Bertz CT molecular complexity index is 310. The van der Waals surface area contributed by atoms with Gasteiger partial charge in [-0.05, 0) is 5.56 Å². The maximum absolute atomic E-state index is 9.95. The summed E-state index contributed by atoms with van der Waals surface area (Å²) >= 11 is 0. The third kappa shape index (κ3) is 1.92. The molecular weight excluding hydrogens is 174 g/mol. The highest BCUT2D eigenvalue weighted by Gasteiger charge is 2.29. The first-order chi connectivity index (χ1) is 6.64. The molecule has 0 fully saturated rings. The van der Waals surface area contributed by atoms with Crippen molar-refractivity contribution in [2.24, 2.45) is 5.73 Å². The Balaban J connectivity index is 3.00. The summed E-state index contributed by atoms with van der Waals surface area (Å²) in [5.74, 6) is 0. The van der Waals surface area contributed by atoms with Gasteiger partial charge < -0.3 is 10.8 Å². The molecule has 0 heterocycles. The van der Waals surface area contributed by atoms with E-state index in [4.69, 9.17) is 5.73 Å². The zero-order chi connectivity index (χ0) is 10.6. The normalized spacial score (nSPS) is 11.4. The Labute approximate surface area is 84.4 Å². The largest absolute Gasteiger partial charge is 0.379 e. The van der Waals surface area contributed by atoms with Gasteiger partial charge in [0.2, 0.25) is 0 Å². The lowest BCUT2D eigenvalue weighted by Gasteiger charge is -2.26. The molecule has 0 unspecified atom stereocenters. The number of rotatable bonds is 4. The lowest BCUT2D eigenvalue weighted by atomic mass is 9.89. The minimum absolute atomic E-state index is 0.336. The van der Waals surface area contributed by atoms with Gasteiger partial charge in [-0.25, -0.2) is 0 Å². The molecule has 0 saturated heterocycles. The molecule has 73 valence electrons. The molecule has 0 amide bonds. The second-order valence-corrected chi connectivity index (χ2v) is 3.01. The first-order valence-electron chi connectivity index (χ1n) is 4.32. The van der Waals surface area contributed by atoms with E-state index >= 15 is 0 Å². The standard InChI is InChI=1S/C12H14NO/c1-3-12(14,4-2)11(13)10-8-6-5-7-9-10/h3-9,14H,1-2,13H2. The molecule has 0 aromatic heterocycles. The molecule has 1 rings (SSSR count). The highest BCUT2D eigenvalue weighted by Crippen LogP contribution is 2.24. The molecule has 0 aliphatic heterocycles. The van der Waals surface area contributed by atoms with Crippen LogP contribution in [0.5, 0.6) is 0 Å². The summed E-state index contributed by atoms with van der Waals surface area (Å²) in [6.45, 7) is 7.06. The summed E-state index contributed by atoms with van der Waals surface area (Å²) in [5, 5.41) is 9.95. The topological polar surface area (TPSA) is 46.2 Å². The Morgan fingerprint density at radius 2 is 1.71 bits per heavy atom. The van der Waals surface area contributed by atoms with Crippen LogP contribution >= 0.6 is 0 Å². The van der Waals surface area contributed by atoms with Crippen LogP contribution < -0.4 is 5.73 Å². The maximum Gasteiger partial charge on any atom is 0.125 e. The number of nitrogens with two attached hydrogens (primary N) is 1. The van der Waals surface area contributed by atoms with Crippen molar-refractivity contribution in [3.63, 3.8) is 0 Å². The molecule has 0 spiro atoms. The van der Waals surface area contributed by atoms with Gasteiger partial charge >= 0.3 is 0 Å². The maximum atomic E-state index is 9.95. The first kappa shape index (κ1) is 10.7. The summed E-state index contributed by atoms with van der Waals surface area (Å²) in [6, 6.07) is 9.59. The third-order valence-electron chi connectivity index (χ3n) is 2.14. The Morgan fingerprint density at radius 3 is 2.14 bits per heavy atom. The van der Waals surface area contributed by atoms with Gasteiger partial charge in [0.25, 0.3) is 0 Å². The highest BCUT2D eigenvalue weighted by molar-refractivity contribution is 5.39. The molecule has 14 heavy (non-hydrogen) atoms. The van der Waals surface area contributed by atoms with E-state index in [-0.39, 0.29) is 0 Å². The van der Waals surface area contributed by atoms with Gasteiger partial charge in [0.15, 0.2) is 0 Å². The second kappa shape index (κ2) is 4.22. The molecule has 1 aromatic carbocycles. The second-order valence-electron chi connectivity index (χ2n) is 3.01. The minimum atomic E-state index is -1.33. The van der Waals surface area contributed by atoms with Crippen LogP contribution in [0.1, 0.15) is 5.56 Å². The average Bonchev–Trinajstić information content (AvgIpc) is 2.28. The lowest BCUT2D eigenvalue weighted by molar-refractivity contribution is 0.160. The number of hydrogen-bond acceptors (Lipinski definition) is 2. The molecule has 2 heteroatoms. The van der Waals surface area contributed by atoms with Crippen molar-refractivity contribution in [1.82, 2.24) is 0 Å². The summed E-state index contributed by atoms with van der Waals surface area (Å²) in [7, 11) is 0. The molecule has 0 atom stereocenters. The van der Waals surface area contributed by atoms with E-state index in [1.165, 1.54) is 12.2 Å². The number of benzene rings is 1. The fraction of sp³-hybridized carbons (Fsp3) is 0.0833. The van der Waals surface area contributed by atoms with E-state index in [0.29, 0.717) is 6.04 Å². The molecule has 1 radical (unpaired) electrons. The minimum Gasteiger partial charge on any atom is -0.379 e. The Morgan fingerprint density at radius 1 is 1.21 bits per heavy atom. The quantitative estimate of drug-likeness (QED) is 0.705. The van der Waals surface area contributed by atoms with Crippen LogP contribution in [0.25, 0.3) is 0 Å². The molecular formula is C12H14NO. The van der Waals surface area contributed by atoms with E-state index in [0.717, 1.165) is 5.56 Å². The van der Waals surface area contributed by atoms with Gasteiger partial charge in [-0.15, -0.1) is 0 Å². The van der Waals surface area contributed by atoms with Crippen LogP contribution in [0.2, 0.25) is 0 Å². The summed E-state index contributed by atoms with van der Waals surface area (Å²) in [4.78, 5) is 0. The van der Waals surface area contributed by atoms with Gasteiger partial charge in [-0.1, -0.05) is 55.6 Å². The van der Waals surface area contributed by atoms with E-state index in [2.05, 4.69) is 13.2 Å². The predicted molar refractivity (Wildman–Crippen MR) is 58.3 cm³/mol. The van der Waals surface area contributed by atoms with E-state index in [1.54, 1.807) is 0 Å². The summed E-state index contributed by atoms with van der Waals surface area (Å²) < 4.78 is 0. The molecule has 0 bridgehead atoms. The average molecular weight is 188 g/mol. The zero-order valence-electron chi connectivity index (χ0n) is 7.98. The monoisotopic (exact) mass is 188 g/mol. The zero-order valence-corrected chi connectivity index (χ0v) is 7.98. The van der Waals surface area contributed by atoms with Gasteiger partial charge in [-0.2, -0.15) is 0 Å². The molecule has 3 N–H and O–H groups in total. The van der Waals surface area contributed by atoms with Crippen molar-refractivity contribution < 1.29 is 5.11 Å². The van der Waals surface area contributed by atoms with Crippen molar-refractivity contribution in [3.05, 3.63) is 67.2 Å². The molecule has 1 aromatic rings. The van der Waals surface area contributed by atoms with E-state index < -0.39 is 5.60 Å². The fourth-order valence-corrected chi connectivity index (χ4v) is 1.15. The van der Waals surface area contributed by atoms with E-state index in [9.17, 15) is 5.11 Å². The molecule has 0 saturated carbocycles. The SMILES string of the molecule is C=CC(O)(C=C)[C](N)c1ccccc1. The van der Waals surface area contributed by atoms with Gasteiger partial charge in [0.05, 0.1) is 0 Å². The fourth-order valence-electron chi connectivity index (χ4n) is 1.15. The highest BCUT2D eigenvalue weighted by atomic mass is 16.3. The van der Waals surface area contributed by atoms with Crippen LogP contribution in [0.4, 0.5) is 0 Å². The third-order valence-corrected chi connectivity index (χ3v) is 2.14. The number of aliphatic hydroxyl groups is 1. The Kier molecular flexibility index (Phi) is 3.23. The summed E-state index contributed by atoms with van der Waals surface area (Å²) in [6.07, 6.45) is 2.73. The first-order valence-corrected chi connectivity index (χ1v) is 4.32. The van der Waals surface area contributed by atoms with Gasteiger partial charge in [0.1, 0.15) is 11.6 Å². The molecule has 2 nitrogen and oxygen atoms in total. The van der Waals surface area contributed by atoms with Crippen molar-refractivity contribution in [3.8, 4) is 0 Å². The van der Waals surface area contributed by atoms with Crippen molar-refractivity contribution in [2.45, 2.75) is 5.60 Å². The molecule has 0 aliphatic rings. The van der Waals surface area contributed by atoms with Crippen molar-refractivity contribution >= 4 is 0 Å². The lowest BCUT2D eigenvalue weighted by Crippen LogP contribution is -2.38. The smallest absolute Gasteiger partial charge is 0.125 e. The van der Waals surface area contributed by atoms with Crippen LogP contribution in [-0.4, -0.2) is 10.7 Å². The Hall–Kier alpha value is -1.38. The van der Waals surface area contributed by atoms with Crippen LogP contribution in [-0.2, 0) is 0 Å². The number of hydrogen-bond donors (Lipinski definition) is 2. The van der Waals surface area contributed by atoms with Crippen molar-refractivity contribution in [2.75, 3.05) is 0 Å². The van der Waals surface area contributed by atoms with E-state index in [1.807, 2.05) is 30.3 Å². The van der Waals surface area contributed by atoms with Crippen LogP contribution in [0, 0.1) is 6.04 Å². The summed E-state index contributed by atoms with van der Waals surface area (Å²) in [5.41, 5.74) is 5.26. The van der Waals surface area contributed by atoms with Crippen LogP contribution in [0.3, 0.4) is 0 Å². The predicted octanol–water partition coefficient (Wildman–Crippen LogP) is 1.63. The van der Waals surface area contributed by atoms with Crippen LogP contribution in [0.15, 0.2) is 55.6 Å². The van der Waals surface area contributed by atoms with Gasteiger partial charge in [0, 0.05) is 0 Å². The van der Waals surface area contributed by atoms with Crippen molar-refractivity contribution in [1.29, 1.82) is 0 Å². The van der Waals surface area contributed by atoms with Gasteiger partial charge in [-0.3, -0.25) is 0 Å².